The largest absolute Gasteiger partial charge is 0.394 e. The Labute approximate surface area is 155 Å². The highest BCUT2D eigenvalue weighted by atomic mass is 16.3. The number of aliphatic hydroxyl groups is 2. The molecule has 4 N–H and O–H groups in total. The van der Waals surface area contributed by atoms with Crippen LogP contribution in [0.3, 0.4) is 0 Å². The molecule has 0 saturated heterocycles. The second kappa shape index (κ2) is 23.1. The van der Waals surface area contributed by atoms with Crippen LogP contribution in [0.15, 0.2) is 12.2 Å². The Hall–Kier alpha value is -0.870. The fourth-order valence-corrected chi connectivity index (χ4v) is 2.37. The average Bonchev–Trinajstić information content (AvgIpc) is 2.58. The van der Waals surface area contributed by atoms with Gasteiger partial charge in [0.1, 0.15) is 0 Å². The molecule has 1 amide bonds. The molecule has 0 bridgehead atoms. The minimum Gasteiger partial charge on any atom is -0.394 e. The SMILES string of the molecule is CC(O)CO.CCCCCCCC/C=C\CCCCCCCC(N)=O. The molecule has 0 saturated carbocycles. The molecule has 25 heavy (non-hydrogen) atoms. The Morgan fingerprint density at radius 1 is 0.880 bits per heavy atom. The number of aliphatic hydroxyl groups excluding tert-OH is 2. The number of rotatable bonds is 16. The average molecular weight is 358 g/mol. The molecule has 1 atom stereocenters. The van der Waals surface area contributed by atoms with Crippen molar-refractivity contribution in [1.82, 2.24) is 0 Å². The molecule has 0 rings (SSSR count). The van der Waals surface area contributed by atoms with Gasteiger partial charge in [0.2, 0.25) is 5.91 Å². The van der Waals surface area contributed by atoms with E-state index in [2.05, 4.69) is 19.1 Å². The highest BCUT2D eigenvalue weighted by Gasteiger charge is 1.94. The fraction of sp³-hybridized carbons (Fsp3) is 0.857. The quantitative estimate of drug-likeness (QED) is 0.272. The first-order valence-electron chi connectivity index (χ1n) is 10.3. The molecule has 0 aromatic carbocycles. The molecule has 0 aliphatic rings. The number of unbranched alkanes of at least 4 members (excludes halogenated alkanes) is 11. The van der Waals surface area contributed by atoms with Gasteiger partial charge in [-0.15, -0.1) is 0 Å². The zero-order valence-electron chi connectivity index (χ0n) is 16.7. The summed E-state index contributed by atoms with van der Waals surface area (Å²) in [6, 6.07) is 0. The Bertz CT molecular complexity index is 291. The lowest BCUT2D eigenvalue weighted by Gasteiger charge is -1.99. The molecule has 4 nitrogen and oxygen atoms in total. The lowest BCUT2D eigenvalue weighted by molar-refractivity contribution is -0.118. The third-order valence-electron chi connectivity index (χ3n) is 3.95. The van der Waals surface area contributed by atoms with Crippen molar-refractivity contribution >= 4 is 5.91 Å². The molecule has 0 aromatic heterocycles. The van der Waals surface area contributed by atoms with Crippen molar-refractivity contribution < 1.29 is 15.0 Å². The van der Waals surface area contributed by atoms with Gasteiger partial charge in [-0.05, 0) is 39.0 Å². The van der Waals surface area contributed by atoms with Crippen LogP contribution in [0.4, 0.5) is 0 Å². The van der Waals surface area contributed by atoms with E-state index in [0.717, 1.165) is 12.8 Å². The number of carbonyl (C=O) groups is 1. The Kier molecular flexibility index (Phi) is 24.4. The zero-order valence-corrected chi connectivity index (χ0v) is 16.7. The summed E-state index contributed by atoms with van der Waals surface area (Å²) in [7, 11) is 0. The van der Waals surface area contributed by atoms with Crippen LogP contribution >= 0.6 is 0 Å². The highest BCUT2D eigenvalue weighted by Crippen LogP contribution is 2.09. The van der Waals surface area contributed by atoms with Gasteiger partial charge in [0.25, 0.3) is 0 Å². The van der Waals surface area contributed by atoms with Gasteiger partial charge in [0, 0.05) is 6.42 Å². The Balaban J connectivity index is 0. The molecule has 0 aliphatic carbocycles. The number of amides is 1. The maximum Gasteiger partial charge on any atom is 0.217 e. The number of carbonyl (C=O) groups excluding carboxylic acids is 1. The van der Waals surface area contributed by atoms with Gasteiger partial charge in [-0.2, -0.15) is 0 Å². The molecule has 150 valence electrons. The first-order valence-corrected chi connectivity index (χ1v) is 10.3. The number of allylic oxidation sites excluding steroid dienone is 2. The van der Waals surface area contributed by atoms with Gasteiger partial charge >= 0.3 is 0 Å². The number of primary amides is 1. The molecule has 0 aromatic rings. The van der Waals surface area contributed by atoms with Crippen molar-refractivity contribution in [2.75, 3.05) is 6.61 Å². The van der Waals surface area contributed by atoms with E-state index < -0.39 is 6.10 Å². The lowest BCUT2D eigenvalue weighted by Crippen LogP contribution is -2.09. The molecular weight excluding hydrogens is 314 g/mol. The van der Waals surface area contributed by atoms with Crippen LogP contribution < -0.4 is 5.73 Å². The van der Waals surface area contributed by atoms with Gasteiger partial charge in [0.15, 0.2) is 0 Å². The summed E-state index contributed by atoms with van der Waals surface area (Å²) in [4.78, 5) is 10.5. The molecule has 4 heteroatoms. The molecule has 1 unspecified atom stereocenters. The van der Waals surface area contributed by atoms with Gasteiger partial charge in [-0.25, -0.2) is 0 Å². The third kappa shape index (κ3) is 31.4. The van der Waals surface area contributed by atoms with Gasteiger partial charge in [-0.1, -0.05) is 70.4 Å². The number of hydrogen-bond acceptors (Lipinski definition) is 3. The first kappa shape index (κ1) is 26.4. The van der Waals surface area contributed by atoms with E-state index in [4.69, 9.17) is 15.9 Å². The van der Waals surface area contributed by atoms with Crippen LogP contribution in [-0.4, -0.2) is 28.8 Å². The molecule has 0 spiro atoms. The van der Waals surface area contributed by atoms with E-state index >= 15 is 0 Å². The molecule has 0 aliphatic heterocycles. The molecular formula is C21H43NO3. The number of nitrogens with two attached hydrogens (primary N) is 1. The predicted molar refractivity (Wildman–Crippen MR) is 107 cm³/mol. The molecule has 0 fully saturated rings. The van der Waals surface area contributed by atoms with Gasteiger partial charge < -0.3 is 15.9 Å². The fourth-order valence-electron chi connectivity index (χ4n) is 2.37. The second-order valence-electron chi connectivity index (χ2n) is 6.83. The summed E-state index contributed by atoms with van der Waals surface area (Å²) in [5.74, 6) is -0.164. The van der Waals surface area contributed by atoms with E-state index in [1.165, 1.54) is 77.6 Å². The van der Waals surface area contributed by atoms with Crippen LogP contribution in [-0.2, 0) is 4.79 Å². The van der Waals surface area contributed by atoms with E-state index in [0.29, 0.717) is 6.42 Å². The van der Waals surface area contributed by atoms with E-state index in [1.54, 1.807) is 0 Å². The van der Waals surface area contributed by atoms with Crippen molar-refractivity contribution in [3.05, 3.63) is 12.2 Å². The Morgan fingerprint density at radius 3 is 1.68 bits per heavy atom. The zero-order chi connectivity index (χ0) is 19.2. The van der Waals surface area contributed by atoms with Crippen LogP contribution in [0.25, 0.3) is 0 Å². The maximum absolute atomic E-state index is 10.5. The monoisotopic (exact) mass is 357 g/mol. The summed E-state index contributed by atoms with van der Waals surface area (Å²) < 4.78 is 0. The van der Waals surface area contributed by atoms with Crippen LogP contribution in [0.1, 0.15) is 104 Å². The standard InChI is InChI=1S/C18H35NO.C3H8O2/c1-2-3-4-5-6-7-8-9-10-11-12-13-14-15-16-17-18(19)20;1-3(5)2-4/h9-10H,2-8,11-17H2,1H3,(H2,19,20);3-5H,2H2,1H3/b10-9-;. The smallest absolute Gasteiger partial charge is 0.217 e. The topological polar surface area (TPSA) is 83.6 Å². The lowest BCUT2D eigenvalue weighted by atomic mass is 10.1. The second-order valence-corrected chi connectivity index (χ2v) is 6.83. The predicted octanol–water partition coefficient (Wildman–Crippen LogP) is 4.87. The summed E-state index contributed by atoms with van der Waals surface area (Å²) in [6.07, 6.45) is 21.4. The van der Waals surface area contributed by atoms with E-state index in [1.807, 2.05) is 0 Å². The van der Waals surface area contributed by atoms with Crippen LogP contribution in [0.5, 0.6) is 0 Å². The normalized spacial score (nSPS) is 12.0. The van der Waals surface area contributed by atoms with Crippen molar-refractivity contribution in [2.45, 2.75) is 110 Å². The summed E-state index contributed by atoms with van der Waals surface area (Å²) in [5, 5.41) is 16.0. The minimum absolute atomic E-state index is 0.139. The summed E-state index contributed by atoms with van der Waals surface area (Å²) >= 11 is 0. The molecule has 0 heterocycles. The van der Waals surface area contributed by atoms with Crippen molar-refractivity contribution in [3.8, 4) is 0 Å². The van der Waals surface area contributed by atoms with Crippen molar-refractivity contribution in [2.24, 2.45) is 5.73 Å². The molecule has 0 radical (unpaired) electrons. The third-order valence-corrected chi connectivity index (χ3v) is 3.95. The summed E-state index contributed by atoms with van der Waals surface area (Å²) in [5.41, 5.74) is 5.10. The minimum atomic E-state index is -0.560. The van der Waals surface area contributed by atoms with Crippen LogP contribution in [0, 0.1) is 0 Å². The Morgan fingerprint density at radius 2 is 1.28 bits per heavy atom. The first-order chi connectivity index (χ1) is 12.0. The van der Waals surface area contributed by atoms with Gasteiger partial charge in [-0.3, -0.25) is 4.79 Å². The van der Waals surface area contributed by atoms with Gasteiger partial charge in [0.05, 0.1) is 12.7 Å². The summed E-state index contributed by atoms with van der Waals surface area (Å²) in [6.45, 7) is 3.65. The van der Waals surface area contributed by atoms with E-state index in [9.17, 15) is 4.79 Å². The maximum atomic E-state index is 10.5. The highest BCUT2D eigenvalue weighted by molar-refractivity contribution is 5.73. The van der Waals surface area contributed by atoms with E-state index in [-0.39, 0.29) is 12.5 Å². The van der Waals surface area contributed by atoms with Crippen LogP contribution in [0.2, 0.25) is 0 Å². The number of hydrogen-bond donors (Lipinski definition) is 3. The van der Waals surface area contributed by atoms with Crippen molar-refractivity contribution in [3.63, 3.8) is 0 Å². The van der Waals surface area contributed by atoms with Crippen molar-refractivity contribution in [1.29, 1.82) is 0 Å².